The van der Waals surface area contributed by atoms with Gasteiger partial charge in [-0.3, -0.25) is 0 Å². The maximum atomic E-state index is 12.2. The van der Waals surface area contributed by atoms with Gasteiger partial charge in [0.15, 0.2) is 6.10 Å². The van der Waals surface area contributed by atoms with Gasteiger partial charge in [-0.2, -0.15) is 13.2 Å². The van der Waals surface area contributed by atoms with Crippen LogP contribution in [0.25, 0.3) is 0 Å². The number of hydrogen-bond acceptors (Lipinski definition) is 3. The monoisotopic (exact) mass is 273 g/mol. The fourth-order valence-electron chi connectivity index (χ4n) is 1.31. The number of aliphatic hydroxyl groups is 1. The van der Waals surface area contributed by atoms with Crippen molar-refractivity contribution in [2.24, 2.45) is 5.73 Å². The van der Waals surface area contributed by atoms with Crippen LogP contribution in [0, 0.1) is 0 Å². The number of rotatable bonds is 3. The Hall–Kier alpha value is -0.300. The Labute approximate surface area is 99.8 Å². The molecular formula is C9H11ClF3NOS. The van der Waals surface area contributed by atoms with E-state index in [0.717, 1.165) is 0 Å². The molecule has 0 aliphatic heterocycles. The lowest BCUT2D eigenvalue weighted by molar-refractivity contribution is -0.209. The van der Waals surface area contributed by atoms with E-state index in [9.17, 15) is 13.2 Å². The van der Waals surface area contributed by atoms with Gasteiger partial charge in [-0.15, -0.1) is 11.3 Å². The second kappa shape index (κ2) is 4.52. The molecule has 16 heavy (non-hydrogen) atoms. The van der Waals surface area contributed by atoms with Crippen molar-refractivity contribution in [2.45, 2.75) is 31.2 Å². The van der Waals surface area contributed by atoms with Crippen molar-refractivity contribution in [1.82, 2.24) is 0 Å². The first-order valence-electron chi connectivity index (χ1n) is 4.42. The fourth-order valence-corrected chi connectivity index (χ4v) is 2.67. The average Bonchev–Trinajstić information content (AvgIpc) is 2.49. The summed E-state index contributed by atoms with van der Waals surface area (Å²) < 4.78 is 36.6. The van der Waals surface area contributed by atoms with Crippen LogP contribution in [0.2, 0.25) is 5.02 Å². The molecule has 0 bridgehead atoms. The summed E-state index contributed by atoms with van der Waals surface area (Å²) in [5, 5.41) is 10.9. The zero-order chi connectivity index (χ0) is 12.6. The molecule has 1 aromatic rings. The summed E-state index contributed by atoms with van der Waals surface area (Å²) in [5.41, 5.74) is 4.46. The molecule has 0 saturated heterocycles. The van der Waals surface area contributed by atoms with Crippen molar-refractivity contribution in [2.75, 3.05) is 0 Å². The van der Waals surface area contributed by atoms with Gasteiger partial charge < -0.3 is 10.8 Å². The molecule has 7 heteroatoms. The zero-order valence-electron chi connectivity index (χ0n) is 8.38. The van der Waals surface area contributed by atoms with E-state index in [1.807, 2.05) is 0 Å². The Bertz CT molecular complexity index is 364. The number of thiophene rings is 1. The van der Waals surface area contributed by atoms with Crippen LogP contribution in [-0.2, 0) is 5.54 Å². The largest absolute Gasteiger partial charge is 0.414 e. The molecule has 0 unspecified atom stereocenters. The Morgan fingerprint density at radius 1 is 1.56 bits per heavy atom. The van der Waals surface area contributed by atoms with Gasteiger partial charge in [0.05, 0.1) is 10.6 Å². The van der Waals surface area contributed by atoms with Crippen LogP contribution in [0.3, 0.4) is 0 Å². The van der Waals surface area contributed by atoms with Crippen molar-refractivity contribution < 1.29 is 18.3 Å². The van der Waals surface area contributed by atoms with E-state index in [1.165, 1.54) is 18.3 Å². The minimum Gasteiger partial charge on any atom is -0.384 e. The van der Waals surface area contributed by atoms with Gasteiger partial charge >= 0.3 is 6.18 Å². The quantitative estimate of drug-likeness (QED) is 0.889. The van der Waals surface area contributed by atoms with Gasteiger partial charge in [0.1, 0.15) is 0 Å². The van der Waals surface area contributed by atoms with Crippen LogP contribution in [0.5, 0.6) is 0 Å². The molecular weight excluding hydrogens is 263 g/mol. The standard InChI is InChI=1S/C9H11ClF3NOS/c1-8(14,4-6(15)9(11,12)13)7-5(10)2-3-16-7/h2-3,6,15H,4,14H2,1H3/t6-,8-/m0/s1. The van der Waals surface area contributed by atoms with Crippen molar-refractivity contribution in [3.8, 4) is 0 Å². The zero-order valence-corrected chi connectivity index (χ0v) is 9.96. The van der Waals surface area contributed by atoms with E-state index in [0.29, 0.717) is 9.90 Å². The number of nitrogens with two attached hydrogens (primary N) is 1. The molecule has 0 aromatic carbocycles. The molecule has 1 rings (SSSR count). The molecule has 0 saturated carbocycles. The predicted octanol–water partition coefficient (Wildman–Crippen LogP) is 2.89. The van der Waals surface area contributed by atoms with Gasteiger partial charge in [-0.05, 0) is 18.4 Å². The minimum absolute atomic E-state index is 0.323. The molecule has 0 aliphatic carbocycles. The lowest BCUT2D eigenvalue weighted by atomic mass is 9.93. The van der Waals surface area contributed by atoms with E-state index in [4.69, 9.17) is 22.4 Å². The van der Waals surface area contributed by atoms with Crippen LogP contribution in [0.15, 0.2) is 11.4 Å². The summed E-state index contributed by atoms with van der Waals surface area (Å²) >= 11 is 6.96. The summed E-state index contributed by atoms with van der Waals surface area (Å²) in [6.45, 7) is 1.42. The van der Waals surface area contributed by atoms with Crippen LogP contribution >= 0.6 is 22.9 Å². The van der Waals surface area contributed by atoms with Crippen LogP contribution < -0.4 is 5.73 Å². The highest BCUT2D eigenvalue weighted by Crippen LogP contribution is 2.36. The molecule has 3 N–H and O–H groups in total. The maximum Gasteiger partial charge on any atom is 0.414 e. The topological polar surface area (TPSA) is 46.2 Å². The highest BCUT2D eigenvalue weighted by molar-refractivity contribution is 7.10. The summed E-state index contributed by atoms with van der Waals surface area (Å²) in [6, 6.07) is 1.56. The molecule has 2 atom stereocenters. The van der Waals surface area contributed by atoms with E-state index in [1.54, 1.807) is 11.4 Å². The van der Waals surface area contributed by atoms with Gasteiger partial charge in [-0.25, -0.2) is 0 Å². The Morgan fingerprint density at radius 2 is 2.12 bits per heavy atom. The van der Waals surface area contributed by atoms with Gasteiger partial charge in [0, 0.05) is 11.3 Å². The smallest absolute Gasteiger partial charge is 0.384 e. The lowest BCUT2D eigenvalue weighted by Crippen LogP contribution is -2.41. The Balaban J connectivity index is 2.84. The van der Waals surface area contributed by atoms with E-state index in [-0.39, 0.29) is 0 Å². The van der Waals surface area contributed by atoms with Crippen LogP contribution in [-0.4, -0.2) is 17.4 Å². The lowest BCUT2D eigenvalue weighted by Gasteiger charge is -2.27. The second-order valence-electron chi connectivity index (χ2n) is 3.78. The molecule has 0 aliphatic rings. The summed E-state index contributed by atoms with van der Waals surface area (Å²) in [7, 11) is 0. The summed E-state index contributed by atoms with van der Waals surface area (Å²) in [4.78, 5) is 0.442. The fraction of sp³-hybridized carbons (Fsp3) is 0.556. The molecule has 1 heterocycles. The maximum absolute atomic E-state index is 12.2. The van der Waals surface area contributed by atoms with Gasteiger partial charge in [0.2, 0.25) is 0 Å². The third-order valence-corrected chi connectivity index (χ3v) is 3.75. The van der Waals surface area contributed by atoms with Gasteiger partial charge in [0.25, 0.3) is 0 Å². The van der Waals surface area contributed by atoms with E-state index < -0.39 is 24.2 Å². The molecule has 1 aromatic heterocycles. The molecule has 0 fully saturated rings. The van der Waals surface area contributed by atoms with Crippen LogP contribution in [0.4, 0.5) is 13.2 Å². The first-order chi connectivity index (χ1) is 7.14. The third kappa shape index (κ3) is 3.10. The number of aliphatic hydroxyl groups excluding tert-OH is 1. The van der Waals surface area contributed by atoms with Crippen LogP contribution in [0.1, 0.15) is 18.2 Å². The average molecular weight is 274 g/mol. The highest BCUT2D eigenvalue weighted by atomic mass is 35.5. The third-order valence-electron chi connectivity index (χ3n) is 2.13. The van der Waals surface area contributed by atoms with Crippen molar-refractivity contribution in [3.63, 3.8) is 0 Å². The molecule has 92 valence electrons. The minimum atomic E-state index is -4.66. The number of hydrogen-bond donors (Lipinski definition) is 2. The SMILES string of the molecule is C[C@](N)(C[C@H](O)C(F)(F)F)c1sccc1Cl. The molecule has 0 spiro atoms. The molecule has 0 amide bonds. The first-order valence-corrected chi connectivity index (χ1v) is 5.67. The first kappa shape index (κ1) is 13.8. The number of alkyl halides is 3. The summed E-state index contributed by atoms with van der Waals surface area (Å²) in [5.74, 6) is 0. The van der Waals surface area contributed by atoms with E-state index >= 15 is 0 Å². The van der Waals surface area contributed by atoms with Gasteiger partial charge in [-0.1, -0.05) is 11.6 Å². The van der Waals surface area contributed by atoms with Crippen molar-refractivity contribution >= 4 is 22.9 Å². The predicted molar refractivity (Wildman–Crippen MR) is 57.5 cm³/mol. The van der Waals surface area contributed by atoms with Crippen molar-refractivity contribution in [3.05, 3.63) is 21.3 Å². The normalized spacial score (nSPS) is 18.2. The Kier molecular flexibility index (Phi) is 3.89. The second-order valence-corrected chi connectivity index (χ2v) is 5.10. The number of halogens is 4. The Morgan fingerprint density at radius 3 is 2.50 bits per heavy atom. The van der Waals surface area contributed by atoms with E-state index in [2.05, 4.69) is 0 Å². The molecule has 2 nitrogen and oxygen atoms in total. The summed E-state index contributed by atoms with van der Waals surface area (Å²) in [6.07, 6.45) is -7.72. The van der Waals surface area contributed by atoms with Crippen molar-refractivity contribution in [1.29, 1.82) is 0 Å². The molecule has 0 radical (unpaired) electrons. The highest BCUT2D eigenvalue weighted by Gasteiger charge is 2.42.